The van der Waals surface area contributed by atoms with Crippen LogP contribution in [0.25, 0.3) is 0 Å². The molecule has 0 bridgehead atoms. The lowest BCUT2D eigenvalue weighted by Crippen LogP contribution is -2.43. The number of rotatable bonds is 11. The molecule has 2 aliphatic heterocycles. The number of aliphatic carboxylic acids is 1. The molecule has 3 aliphatic rings. The summed E-state index contributed by atoms with van der Waals surface area (Å²) < 4.78 is 29.3. The van der Waals surface area contributed by atoms with Crippen LogP contribution in [0.2, 0.25) is 0 Å². The molecule has 0 radical (unpaired) electrons. The number of hydrogen-bond donors (Lipinski definition) is 1. The van der Waals surface area contributed by atoms with Crippen LogP contribution in [0.1, 0.15) is 68.4 Å². The van der Waals surface area contributed by atoms with E-state index in [4.69, 9.17) is 0 Å². The van der Waals surface area contributed by atoms with Gasteiger partial charge in [-0.1, -0.05) is 79.9 Å². The van der Waals surface area contributed by atoms with Gasteiger partial charge < -0.3 is 10.0 Å². The number of likely N-dealkylation sites (tertiary alicyclic amines) is 2. The molecule has 4 nitrogen and oxygen atoms in total. The summed E-state index contributed by atoms with van der Waals surface area (Å²) in [7, 11) is 0. The van der Waals surface area contributed by atoms with Gasteiger partial charge in [0, 0.05) is 37.5 Å². The molecular weight excluding hydrogens is 482 g/mol. The molecule has 2 aromatic rings. The quantitative estimate of drug-likeness (QED) is 0.358. The van der Waals surface area contributed by atoms with Crippen molar-refractivity contribution in [1.29, 1.82) is 0 Å². The van der Waals surface area contributed by atoms with Gasteiger partial charge in [-0.25, -0.2) is 8.78 Å². The normalized spacial score (nSPS) is 24.8. The zero-order valence-corrected chi connectivity index (χ0v) is 22.4. The summed E-state index contributed by atoms with van der Waals surface area (Å²) in [5.41, 5.74) is 1.41. The third-order valence-corrected chi connectivity index (χ3v) is 9.47. The molecule has 38 heavy (non-hydrogen) atoms. The van der Waals surface area contributed by atoms with Crippen molar-refractivity contribution < 1.29 is 18.7 Å². The maximum absolute atomic E-state index is 14.7. The van der Waals surface area contributed by atoms with Crippen LogP contribution < -0.4 is 0 Å². The zero-order valence-electron chi connectivity index (χ0n) is 22.4. The van der Waals surface area contributed by atoms with Crippen LogP contribution in [0.5, 0.6) is 0 Å². The highest BCUT2D eigenvalue weighted by molar-refractivity contribution is 5.73. The van der Waals surface area contributed by atoms with Gasteiger partial charge in [0.1, 0.15) is 6.04 Å². The van der Waals surface area contributed by atoms with Crippen LogP contribution in [0.15, 0.2) is 60.7 Å². The number of alkyl halides is 2. The van der Waals surface area contributed by atoms with Crippen LogP contribution in [-0.2, 0) is 10.7 Å². The smallest absolute Gasteiger partial charge is 0.320 e. The minimum Gasteiger partial charge on any atom is -0.480 e. The number of piperidine rings is 1. The van der Waals surface area contributed by atoms with E-state index in [1.807, 2.05) is 6.07 Å². The second-order valence-corrected chi connectivity index (χ2v) is 12.0. The van der Waals surface area contributed by atoms with Crippen LogP contribution in [0.3, 0.4) is 0 Å². The van der Waals surface area contributed by atoms with E-state index >= 15 is 0 Å². The standard InChI is InChI=1S/C32H42F2N2O2/c33-32(34,28-12-5-2-6-13-28)17-14-24-15-18-35(19-16-24)21-27-22-36(23-29(27)26-10-3-1-4-11-26)30(31(37)38)20-25-8-7-9-25/h1-6,10-13,24-25,27,29-30H,7-9,14-23H2,(H,37,38). The van der Waals surface area contributed by atoms with Gasteiger partial charge in [-0.05, 0) is 62.1 Å². The van der Waals surface area contributed by atoms with E-state index in [1.165, 1.54) is 24.1 Å². The van der Waals surface area contributed by atoms with Gasteiger partial charge in [0.15, 0.2) is 0 Å². The van der Waals surface area contributed by atoms with Crippen LogP contribution in [-0.4, -0.2) is 59.6 Å². The molecule has 3 fully saturated rings. The summed E-state index contributed by atoms with van der Waals surface area (Å²) in [6.45, 7) is 4.42. The molecule has 206 valence electrons. The summed E-state index contributed by atoms with van der Waals surface area (Å²) >= 11 is 0. The van der Waals surface area contributed by atoms with Gasteiger partial charge in [-0.15, -0.1) is 0 Å². The molecule has 1 saturated carbocycles. The predicted octanol–water partition coefficient (Wildman–Crippen LogP) is 6.63. The lowest BCUT2D eigenvalue weighted by molar-refractivity contribution is -0.144. The van der Waals surface area contributed by atoms with Gasteiger partial charge in [0.05, 0.1) is 0 Å². The maximum Gasteiger partial charge on any atom is 0.320 e. The van der Waals surface area contributed by atoms with Crippen molar-refractivity contribution in [3.05, 3.63) is 71.8 Å². The molecule has 0 spiro atoms. The van der Waals surface area contributed by atoms with Crippen molar-refractivity contribution in [2.24, 2.45) is 17.8 Å². The number of carboxylic acids is 1. The Bertz CT molecular complexity index is 1020. The van der Waals surface area contributed by atoms with Gasteiger partial charge in [0.2, 0.25) is 0 Å². The lowest BCUT2D eigenvalue weighted by atomic mass is 9.80. The molecule has 2 heterocycles. The number of carbonyl (C=O) groups is 1. The average molecular weight is 525 g/mol. The number of nitrogens with zero attached hydrogens (tertiary/aromatic N) is 2. The highest BCUT2D eigenvalue weighted by Gasteiger charge is 2.41. The van der Waals surface area contributed by atoms with E-state index in [1.54, 1.807) is 18.2 Å². The first-order valence-electron chi connectivity index (χ1n) is 14.6. The number of hydrogen-bond acceptors (Lipinski definition) is 3. The minimum absolute atomic E-state index is 0.0904. The van der Waals surface area contributed by atoms with E-state index in [2.05, 4.69) is 34.1 Å². The van der Waals surface area contributed by atoms with Gasteiger partial charge in [-0.2, -0.15) is 0 Å². The lowest BCUT2D eigenvalue weighted by Gasteiger charge is -2.35. The number of benzene rings is 2. The Kier molecular flexibility index (Phi) is 8.79. The summed E-state index contributed by atoms with van der Waals surface area (Å²) in [6.07, 6.45) is 6.70. The van der Waals surface area contributed by atoms with E-state index < -0.39 is 17.9 Å². The summed E-state index contributed by atoms with van der Waals surface area (Å²) in [5.74, 6) is -1.86. The first-order valence-corrected chi connectivity index (χ1v) is 14.6. The van der Waals surface area contributed by atoms with Crippen molar-refractivity contribution in [2.45, 2.75) is 69.2 Å². The van der Waals surface area contributed by atoms with Crippen LogP contribution in [0, 0.1) is 17.8 Å². The molecule has 5 rings (SSSR count). The highest BCUT2D eigenvalue weighted by atomic mass is 19.3. The second-order valence-electron chi connectivity index (χ2n) is 12.0. The Morgan fingerprint density at radius 2 is 1.58 bits per heavy atom. The number of carboxylic acid groups (broad SMARTS) is 1. The molecule has 1 aliphatic carbocycles. The van der Waals surface area contributed by atoms with E-state index in [0.717, 1.165) is 64.8 Å². The van der Waals surface area contributed by atoms with Crippen LogP contribution >= 0.6 is 0 Å². The van der Waals surface area contributed by atoms with Gasteiger partial charge in [-0.3, -0.25) is 9.69 Å². The molecule has 2 aromatic carbocycles. The zero-order chi connectivity index (χ0) is 26.5. The molecule has 2 saturated heterocycles. The predicted molar refractivity (Wildman–Crippen MR) is 146 cm³/mol. The molecule has 1 N–H and O–H groups in total. The fourth-order valence-corrected chi connectivity index (χ4v) is 6.87. The first kappa shape index (κ1) is 27.3. The Labute approximate surface area is 226 Å². The Balaban J connectivity index is 1.17. The molecular formula is C32H42F2N2O2. The molecule has 3 atom stereocenters. The highest BCUT2D eigenvalue weighted by Crippen LogP contribution is 2.39. The topological polar surface area (TPSA) is 43.8 Å². The Hall–Kier alpha value is -2.31. The Morgan fingerprint density at radius 1 is 0.921 bits per heavy atom. The van der Waals surface area contributed by atoms with Crippen molar-refractivity contribution in [3.63, 3.8) is 0 Å². The summed E-state index contributed by atoms with van der Waals surface area (Å²) in [5, 5.41) is 10.1. The fourth-order valence-electron chi connectivity index (χ4n) is 6.87. The van der Waals surface area contributed by atoms with Crippen LogP contribution in [0.4, 0.5) is 8.78 Å². The minimum atomic E-state index is -2.77. The monoisotopic (exact) mass is 524 g/mol. The maximum atomic E-state index is 14.7. The fraction of sp³-hybridized carbons (Fsp3) is 0.594. The first-order chi connectivity index (χ1) is 18.4. The summed E-state index contributed by atoms with van der Waals surface area (Å²) in [6, 6.07) is 18.4. The van der Waals surface area contributed by atoms with Gasteiger partial charge >= 0.3 is 5.97 Å². The second kappa shape index (κ2) is 12.3. The number of halogens is 2. The van der Waals surface area contributed by atoms with Crippen molar-refractivity contribution in [2.75, 3.05) is 32.7 Å². The third-order valence-electron chi connectivity index (χ3n) is 9.47. The van der Waals surface area contributed by atoms with E-state index in [-0.39, 0.29) is 12.0 Å². The molecule has 6 heteroatoms. The van der Waals surface area contributed by atoms with E-state index in [9.17, 15) is 18.7 Å². The van der Waals surface area contributed by atoms with E-state index in [0.29, 0.717) is 30.1 Å². The van der Waals surface area contributed by atoms with Gasteiger partial charge in [0.25, 0.3) is 5.92 Å². The SMILES string of the molecule is O=C(O)C(CC1CCC1)N1CC(CN2CCC(CCC(F)(F)c3ccccc3)CC2)C(c2ccccc2)C1. The molecule has 0 aromatic heterocycles. The Morgan fingerprint density at radius 3 is 2.18 bits per heavy atom. The third kappa shape index (κ3) is 6.63. The van der Waals surface area contributed by atoms with Crippen molar-refractivity contribution in [1.82, 2.24) is 9.80 Å². The average Bonchev–Trinajstić information content (AvgIpc) is 3.31. The van der Waals surface area contributed by atoms with Crippen molar-refractivity contribution in [3.8, 4) is 0 Å². The molecule has 0 amide bonds. The largest absolute Gasteiger partial charge is 0.480 e. The molecule has 3 unspecified atom stereocenters. The van der Waals surface area contributed by atoms with Crippen molar-refractivity contribution >= 4 is 5.97 Å². The summed E-state index contributed by atoms with van der Waals surface area (Å²) in [4.78, 5) is 17.0.